The maximum Gasteiger partial charge on any atom is 0.303 e. The largest absolute Gasteiger partial charge is 0.481 e. The van der Waals surface area contributed by atoms with Crippen LogP contribution in [0, 0.1) is 11.8 Å². The van der Waals surface area contributed by atoms with Gasteiger partial charge in [-0.1, -0.05) is 25.1 Å². The van der Waals surface area contributed by atoms with Crippen molar-refractivity contribution in [2.75, 3.05) is 18.0 Å². The van der Waals surface area contributed by atoms with Crippen LogP contribution in [0.25, 0.3) is 10.9 Å². The average Bonchev–Trinajstić information content (AvgIpc) is 2.78. The first-order chi connectivity index (χ1) is 9.65. The molecule has 3 rings (SSSR count). The van der Waals surface area contributed by atoms with Crippen LogP contribution in [0.15, 0.2) is 36.5 Å². The number of hydrogen-bond donors (Lipinski definition) is 1. The number of pyridine rings is 1. The zero-order valence-electron chi connectivity index (χ0n) is 11.5. The lowest BCUT2D eigenvalue weighted by molar-refractivity contribution is -0.138. The predicted octanol–water partition coefficient (Wildman–Crippen LogP) is 2.78. The maximum absolute atomic E-state index is 10.9. The average molecular weight is 270 g/mol. The lowest BCUT2D eigenvalue weighted by atomic mass is 9.95. The summed E-state index contributed by atoms with van der Waals surface area (Å²) in [4.78, 5) is 17.6. The van der Waals surface area contributed by atoms with Gasteiger partial charge in [-0.15, -0.1) is 0 Å². The van der Waals surface area contributed by atoms with Crippen molar-refractivity contribution in [3.8, 4) is 0 Å². The molecule has 1 saturated heterocycles. The zero-order chi connectivity index (χ0) is 14.1. The molecule has 0 spiro atoms. The van der Waals surface area contributed by atoms with Gasteiger partial charge < -0.3 is 10.0 Å². The molecule has 2 aromatic rings. The predicted molar refractivity (Wildman–Crippen MR) is 78.9 cm³/mol. The van der Waals surface area contributed by atoms with Gasteiger partial charge in [0.2, 0.25) is 0 Å². The van der Waals surface area contributed by atoms with Gasteiger partial charge in [-0.3, -0.25) is 9.78 Å². The monoisotopic (exact) mass is 270 g/mol. The first-order valence-corrected chi connectivity index (χ1v) is 6.95. The third-order valence-electron chi connectivity index (χ3n) is 4.17. The van der Waals surface area contributed by atoms with E-state index in [-0.39, 0.29) is 12.3 Å². The van der Waals surface area contributed by atoms with Gasteiger partial charge in [0.15, 0.2) is 0 Å². The van der Waals surface area contributed by atoms with Crippen LogP contribution in [0.1, 0.15) is 13.3 Å². The number of rotatable bonds is 3. The summed E-state index contributed by atoms with van der Waals surface area (Å²) in [5, 5.41) is 10.1. The number of carbonyl (C=O) groups is 1. The van der Waals surface area contributed by atoms with E-state index in [0.29, 0.717) is 5.92 Å². The first kappa shape index (κ1) is 12.9. The minimum Gasteiger partial charge on any atom is -0.481 e. The SMILES string of the molecule is C[C@@H]1CN(c2ccnc3ccccc23)C[C@H]1CC(=O)O. The van der Waals surface area contributed by atoms with E-state index < -0.39 is 5.97 Å². The van der Waals surface area contributed by atoms with Gasteiger partial charge in [0, 0.05) is 30.4 Å². The molecule has 0 bridgehead atoms. The number of aliphatic carboxylic acids is 1. The number of carboxylic acid groups (broad SMARTS) is 1. The van der Waals surface area contributed by atoms with Crippen molar-refractivity contribution in [1.29, 1.82) is 0 Å². The van der Waals surface area contributed by atoms with Gasteiger partial charge in [0.1, 0.15) is 0 Å². The lowest BCUT2D eigenvalue weighted by Gasteiger charge is -2.20. The van der Waals surface area contributed by atoms with E-state index in [1.165, 1.54) is 0 Å². The van der Waals surface area contributed by atoms with Gasteiger partial charge in [0.25, 0.3) is 0 Å². The van der Waals surface area contributed by atoms with E-state index >= 15 is 0 Å². The van der Waals surface area contributed by atoms with Crippen molar-refractivity contribution in [1.82, 2.24) is 4.98 Å². The summed E-state index contributed by atoms with van der Waals surface area (Å²) in [7, 11) is 0. The van der Waals surface area contributed by atoms with Gasteiger partial charge >= 0.3 is 5.97 Å². The molecule has 104 valence electrons. The number of para-hydroxylation sites is 1. The maximum atomic E-state index is 10.9. The Morgan fingerprint density at radius 1 is 1.35 bits per heavy atom. The summed E-state index contributed by atoms with van der Waals surface area (Å²) in [6.45, 7) is 3.85. The number of anilines is 1. The molecule has 1 aromatic carbocycles. The highest BCUT2D eigenvalue weighted by Gasteiger charge is 2.31. The highest BCUT2D eigenvalue weighted by molar-refractivity contribution is 5.91. The van der Waals surface area contributed by atoms with Gasteiger partial charge in [-0.25, -0.2) is 0 Å². The second-order valence-corrected chi connectivity index (χ2v) is 5.59. The summed E-state index contributed by atoms with van der Waals surface area (Å²) < 4.78 is 0. The van der Waals surface area contributed by atoms with Crippen molar-refractivity contribution < 1.29 is 9.90 Å². The van der Waals surface area contributed by atoms with Crippen molar-refractivity contribution in [3.05, 3.63) is 36.5 Å². The molecule has 1 N–H and O–H groups in total. The molecule has 0 aliphatic carbocycles. The van der Waals surface area contributed by atoms with E-state index in [0.717, 1.165) is 29.7 Å². The Labute approximate surface area is 118 Å². The smallest absolute Gasteiger partial charge is 0.303 e. The summed E-state index contributed by atoms with van der Waals surface area (Å²) in [6, 6.07) is 10.1. The van der Waals surface area contributed by atoms with E-state index in [1.54, 1.807) is 0 Å². The molecule has 0 unspecified atom stereocenters. The van der Waals surface area contributed by atoms with Crippen LogP contribution >= 0.6 is 0 Å². The molecule has 1 aliphatic rings. The van der Waals surface area contributed by atoms with E-state index in [1.807, 2.05) is 30.5 Å². The van der Waals surface area contributed by atoms with Crippen LogP contribution in [-0.4, -0.2) is 29.1 Å². The quantitative estimate of drug-likeness (QED) is 0.931. The van der Waals surface area contributed by atoms with Crippen LogP contribution in [0.5, 0.6) is 0 Å². The Morgan fingerprint density at radius 2 is 2.15 bits per heavy atom. The summed E-state index contributed by atoms with van der Waals surface area (Å²) in [6.07, 6.45) is 2.08. The number of carboxylic acids is 1. The second-order valence-electron chi connectivity index (χ2n) is 5.59. The van der Waals surface area contributed by atoms with Crippen LogP contribution in [0.4, 0.5) is 5.69 Å². The van der Waals surface area contributed by atoms with E-state index in [4.69, 9.17) is 5.11 Å². The van der Waals surface area contributed by atoms with E-state index in [2.05, 4.69) is 22.9 Å². The van der Waals surface area contributed by atoms with Gasteiger partial charge in [0.05, 0.1) is 11.9 Å². The fraction of sp³-hybridized carbons (Fsp3) is 0.375. The van der Waals surface area contributed by atoms with Crippen molar-refractivity contribution in [2.24, 2.45) is 11.8 Å². The van der Waals surface area contributed by atoms with Crippen molar-refractivity contribution in [2.45, 2.75) is 13.3 Å². The Morgan fingerprint density at radius 3 is 2.95 bits per heavy atom. The first-order valence-electron chi connectivity index (χ1n) is 6.95. The number of nitrogens with zero attached hydrogens (tertiary/aromatic N) is 2. The Kier molecular flexibility index (Phi) is 3.30. The van der Waals surface area contributed by atoms with Crippen LogP contribution in [-0.2, 0) is 4.79 Å². The fourth-order valence-corrected chi connectivity index (χ4v) is 3.08. The van der Waals surface area contributed by atoms with Crippen LogP contribution in [0.3, 0.4) is 0 Å². The number of fused-ring (bicyclic) bond motifs is 1. The molecule has 1 fully saturated rings. The molecule has 4 nitrogen and oxygen atoms in total. The number of benzene rings is 1. The Hall–Kier alpha value is -2.10. The van der Waals surface area contributed by atoms with Crippen molar-refractivity contribution in [3.63, 3.8) is 0 Å². The third kappa shape index (κ3) is 2.33. The highest BCUT2D eigenvalue weighted by atomic mass is 16.4. The molecule has 2 heterocycles. The molecular formula is C16H18N2O2. The fourth-order valence-electron chi connectivity index (χ4n) is 3.08. The Balaban J connectivity index is 1.91. The van der Waals surface area contributed by atoms with Crippen LogP contribution in [0.2, 0.25) is 0 Å². The molecule has 1 aliphatic heterocycles. The molecule has 20 heavy (non-hydrogen) atoms. The molecular weight excluding hydrogens is 252 g/mol. The zero-order valence-corrected chi connectivity index (χ0v) is 11.5. The summed E-state index contributed by atoms with van der Waals surface area (Å²) >= 11 is 0. The topological polar surface area (TPSA) is 53.4 Å². The molecule has 0 radical (unpaired) electrons. The number of aromatic nitrogens is 1. The lowest BCUT2D eigenvalue weighted by Crippen LogP contribution is -2.20. The van der Waals surface area contributed by atoms with Gasteiger partial charge in [-0.05, 0) is 24.0 Å². The standard InChI is InChI=1S/C16H18N2O2/c1-11-9-18(10-12(11)8-16(19)20)15-6-7-17-14-5-3-2-4-13(14)15/h2-7,11-12H,8-10H2,1H3,(H,19,20)/t11-,12-/m1/s1. The minimum atomic E-state index is -0.705. The molecule has 2 atom stereocenters. The molecule has 4 heteroatoms. The summed E-state index contributed by atoms with van der Waals surface area (Å²) in [5.41, 5.74) is 2.15. The minimum absolute atomic E-state index is 0.222. The number of hydrogen-bond acceptors (Lipinski definition) is 3. The van der Waals surface area contributed by atoms with Crippen LogP contribution < -0.4 is 4.90 Å². The van der Waals surface area contributed by atoms with Gasteiger partial charge in [-0.2, -0.15) is 0 Å². The van der Waals surface area contributed by atoms with E-state index in [9.17, 15) is 4.79 Å². The molecule has 1 aromatic heterocycles. The second kappa shape index (κ2) is 5.12. The van der Waals surface area contributed by atoms with Crippen molar-refractivity contribution >= 4 is 22.6 Å². The third-order valence-corrected chi connectivity index (χ3v) is 4.17. The highest BCUT2D eigenvalue weighted by Crippen LogP contribution is 2.33. The summed E-state index contributed by atoms with van der Waals surface area (Å²) in [5.74, 6) is -0.0826. The molecule has 0 saturated carbocycles. The normalized spacial score (nSPS) is 22.4. The molecule has 0 amide bonds. The Bertz CT molecular complexity index is 636.